The molecule has 92 valence electrons. The van der Waals surface area contributed by atoms with Gasteiger partial charge in [-0.2, -0.15) is 0 Å². The van der Waals surface area contributed by atoms with E-state index in [1.165, 1.54) is 12.8 Å². The lowest BCUT2D eigenvalue weighted by Gasteiger charge is -2.18. The van der Waals surface area contributed by atoms with E-state index < -0.39 is 0 Å². The Bertz CT molecular complexity index is 429. The third-order valence-corrected chi connectivity index (χ3v) is 3.61. The molecule has 0 amide bonds. The Labute approximate surface area is 112 Å². The molecule has 1 aromatic carbocycles. The van der Waals surface area contributed by atoms with Crippen molar-refractivity contribution in [3.05, 3.63) is 33.8 Å². The van der Waals surface area contributed by atoms with Gasteiger partial charge in [-0.1, -0.05) is 30.1 Å². The van der Waals surface area contributed by atoms with Gasteiger partial charge in [0.05, 0.1) is 11.6 Å². The van der Waals surface area contributed by atoms with E-state index in [-0.39, 0.29) is 5.78 Å². The third kappa shape index (κ3) is 3.21. The molecule has 1 aliphatic rings. The van der Waals surface area contributed by atoms with Gasteiger partial charge in [-0.15, -0.1) is 0 Å². The van der Waals surface area contributed by atoms with Crippen LogP contribution in [0, 0.1) is 0 Å². The van der Waals surface area contributed by atoms with Gasteiger partial charge in [0, 0.05) is 16.6 Å². The molecule has 2 rings (SSSR count). The number of benzene rings is 1. The Morgan fingerprint density at radius 3 is 2.71 bits per heavy atom. The fraction of sp³-hybridized carbons (Fsp3) is 0.462. The fourth-order valence-electron chi connectivity index (χ4n) is 1.92. The average molecular weight is 272 g/mol. The zero-order valence-electron chi connectivity index (χ0n) is 9.75. The van der Waals surface area contributed by atoms with E-state index in [2.05, 4.69) is 11.8 Å². The topological polar surface area (TPSA) is 20.3 Å². The molecule has 2 nitrogen and oxygen atoms in total. The van der Waals surface area contributed by atoms with Crippen molar-refractivity contribution in [3.63, 3.8) is 0 Å². The zero-order valence-corrected chi connectivity index (χ0v) is 11.3. The fourth-order valence-corrected chi connectivity index (χ4v) is 2.31. The SMILES string of the molecule is CCN(CC(=O)c1cc(Cl)ccc1Cl)C1CC1. The highest BCUT2D eigenvalue weighted by atomic mass is 35.5. The molecule has 0 N–H and O–H groups in total. The highest BCUT2D eigenvalue weighted by Crippen LogP contribution is 2.27. The van der Waals surface area contributed by atoms with Crippen molar-refractivity contribution >= 4 is 29.0 Å². The van der Waals surface area contributed by atoms with Crippen LogP contribution in [0.2, 0.25) is 10.0 Å². The summed E-state index contributed by atoms with van der Waals surface area (Å²) in [7, 11) is 0. The van der Waals surface area contributed by atoms with Gasteiger partial charge in [-0.25, -0.2) is 0 Å². The predicted octanol–water partition coefficient (Wildman–Crippen LogP) is 3.66. The molecule has 0 aromatic heterocycles. The van der Waals surface area contributed by atoms with Crippen molar-refractivity contribution in [3.8, 4) is 0 Å². The number of nitrogens with zero attached hydrogens (tertiary/aromatic N) is 1. The van der Waals surface area contributed by atoms with Gasteiger partial charge in [0.2, 0.25) is 0 Å². The molecule has 0 unspecified atom stereocenters. The van der Waals surface area contributed by atoms with Gasteiger partial charge in [0.15, 0.2) is 5.78 Å². The maximum absolute atomic E-state index is 12.1. The Morgan fingerprint density at radius 2 is 2.12 bits per heavy atom. The number of likely N-dealkylation sites (N-methyl/N-ethyl adjacent to an activating group) is 1. The van der Waals surface area contributed by atoms with Gasteiger partial charge in [0.1, 0.15) is 0 Å². The van der Waals surface area contributed by atoms with Crippen molar-refractivity contribution in [1.29, 1.82) is 0 Å². The minimum absolute atomic E-state index is 0.0475. The Kier molecular flexibility index (Phi) is 4.08. The number of hydrogen-bond donors (Lipinski definition) is 0. The van der Waals surface area contributed by atoms with Crippen LogP contribution in [0.3, 0.4) is 0 Å². The smallest absolute Gasteiger partial charge is 0.178 e. The first kappa shape index (κ1) is 12.9. The maximum Gasteiger partial charge on any atom is 0.178 e. The third-order valence-electron chi connectivity index (χ3n) is 3.04. The molecule has 0 spiro atoms. The van der Waals surface area contributed by atoms with Gasteiger partial charge >= 0.3 is 0 Å². The zero-order chi connectivity index (χ0) is 12.4. The first-order chi connectivity index (χ1) is 8.11. The average Bonchev–Trinajstić information content (AvgIpc) is 3.13. The Balaban J connectivity index is 2.10. The standard InChI is InChI=1S/C13H15Cl2NO/c1-2-16(10-4-5-10)8-13(17)11-7-9(14)3-6-12(11)15/h3,6-7,10H,2,4-5,8H2,1H3. The van der Waals surface area contributed by atoms with Crippen LogP contribution < -0.4 is 0 Å². The van der Waals surface area contributed by atoms with Crippen LogP contribution in [0.1, 0.15) is 30.1 Å². The molecular formula is C13H15Cl2NO. The lowest BCUT2D eigenvalue weighted by atomic mass is 10.1. The Hall–Kier alpha value is -0.570. The number of halogens is 2. The van der Waals surface area contributed by atoms with E-state index in [9.17, 15) is 4.79 Å². The predicted molar refractivity (Wildman–Crippen MR) is 71.1 cm³/mol. The van der Waals surface area contributed by atoms with Gasteiger partial charge in [-0.05, 0) is 37.6 Å². The summed E-state index contributed by atoms with van der Waals surface area (Å²) in [4.78, 5) is 14.3. The maximum atomic E-state index is 12.1. The number of carbonyl (C=O) groups is 1. The second-order valence-electron chi connectivity index (χ2n) is 4.34. The summed E-state index contributed by atoms with van der Waals surface area (Å²) >= 11 is 11.9. The van der Waals surface area contributed by atoms with Crippen molar-refractivity contribution in [2.24, 2.45) is 0 Å². The van der Waals surface area contributed by atoms with E-state index in [1.807, 2.05) is 0 Å². The lowest BCUT2D eigenvalue weighted by Crippen LogP contribution is -2.31. The normalized spacial score (nSPS) is 15.3. The number of Topliss-reactive ketones (excluding diaryl/α,β-unsaturated/α-hetero) is 1. The molecule has 0 atom stereocenters. The van der Waals surface area contributed by atoms with Crippen LogP contribution in [0.5, 0.6) is 0 Å². The summed E-state index contributed by atoms with van der Waals surface area (Å²) in [5.41, 5.74) is 0.526. The van der Waals surface area contributed by atoms with E-state index in [0.29, 0.717) is 28.2 Å². The van der Waals surface area contributed by atoms with Crippen LogP contribution in [0.4, 0.5) is 0 Å². The molecule has 0 radical (unpaired) electrons. The first-order valence-corrected chi connectivity index (χ1v) is 6.59. The molecule has 0 heterocycles. The summed E-state index contributed by atoms with van der Waals surface area (Å²) in [5.74, 6) is 0.0475. The van der Waals surface area contributed by atoms with Crippen LogP contribution in [0.25, 0.3) is 0 Å². The molecule has 0 aliphatic heterocycles. The van der Waals surface area contributed by atoms with E-state index in [0.717, 1.165) is 6.54 Å². The lowest BCUT2D eigenvalue weighted by molar-refractivity contribution is 0.0929. The molecule has 1 fully saturated rings. The number of hydrogen-bond acceptors (Lipinski definition) is 2. The monoisotopic (exact) mass is 271 g/mol. The second kappa shape index (κ2) is 5.38. The van der Waals surface area contributed by atoms with Crippen LogP contribution >= 0.6 is 23.2 Å². The van der Waals surface area contributed by atoms with E-state index in [1.54, 1.807) is 18.2 Å². The molecule has 1 aromatic rings. The van der Waals surface area contributed by atoms with Crippen LogP contribution in [-0.4, -0.2) is 29.8 Å². The summed E-state index contributed by atoms with van der Waals surface area (Å²) in [6.45, 7) is 3.40. The van der Waals surface area contributed by atoms with Crippen molar-refractivity contribution in [1.82, 2.24) is 4.90 Å². The number of ketones is 1. The quantitative estimate of drug-likeness (QED) is 0.762. The summed E-state index contributed by atoms with van der Waals surface area (Å²) < 4.78 is 0. The highest BCUT2D eigenvalue weighted by molar-refractivity contribution is 6.36. The minimum atomic E-state index is 0.0475. The number of carbonyl (C=O) groups excluding carboxylic acids is 1. The van der Waals surface area contributed by atoms with Crippen molar-refractivity contribution in [2.75, 3.05) is 13.1 Å². The van der Waals surface area contributed by atoms with Crippen LogP contribution in [0.15, 0.2) is 18.2 Å². The van der Waals surface area contributed by atoms with Crippen LogP contribution in [-0.2, 0) is 0 Å². The van der Waals surface area contributed by atoms with Crippen molar-refractivity contribution < 1.29 is 4.79 Å². The molecule has 17 heavy (non-hydrogen) atoms. The van der Waals surface area contributed by atoms with E-state index in [4.69, 9.17) is 23.2 Å². The van der Waals surface area contributed by atoms with Gasteiger partial charge < -0.3 is 0 Å². The second-order valence-corrected chi connectivity index (χ2v) is 5.19. The Morgan fingerprint density at radius 1 is 1.41 bits per heavy atom. The molecule has 0 saturated heterocycles. The first-order valence-electron chi connectivity index (χ1n) is 5.84. The molecule has 1 aliphatic carbocycles. The molecular weight excluding hydrogens is 257 g/mol. The van der Waals surface area contributed by atoms with E-state index >= 15 is 0 Å². The highest BCUT2D eigenvalue weighted by Gasteiger charge is 2.29. The van der Waals surface area contributed by atoms with Gasteiger partial charge in [-0.3, -0.25) is 9.69 Å². The molecule has 4 heteroatoms. The largest absolute Gasteiger partial charge is 0.293 e. The van der Waals surface area contributed by atoms with Crippen molar-refractivity contribution in [2.45, 2.75) is 25.8 Å². The summed E-state index contributed by atoms with van der Waals surface area (Å²) in [5, 5.41) is 1.03. The molecule has 0 bridgehead atoms. The van der Waals surface area contributed by atoms with Gasteiger partial charge in [0.25, 0.3) is 0 Å². The molecule has 1 saturated carbocycles. The number of rotatable bonds is 5. The summed E-state index contributed by atoms with van der Waals surface area (Å²) in [6.07, 6.45) is 2.40. The minimum Gasteiger partial charge on any atom is -0.293 e. The summed E-state index contributed by atoms with van der Waals surface area (Å²) in [6, 6.07) is 5.60.